The molecule has 0 aliphatic heterocycles. The van der Waals surface area contributed by atoms with Gasteiger partial charge in [0.05, 0.1) is 0 Å². The molecule has 0 radical (unpaired) electrons. The van der Waals surface area contributed by atoms with Gasteiger partial charge in [0.15, 0.2) is 0 Å². The Morgan fingerprint density at radius 2 is 1.62 bits per heavy atom. The predicted molar refractivity (Wildman–Crippen MR) is 47.7 cm³/mol. The Balaban J connectivity index is 3.00. The van der Waals surface area contributed by atoms with Crippen molar-refractivity contribution in [3.05, 3.63) is 0 Å². The van der Waals surface area contributed by atoms with E-state index in [9.17, 15) is 13.2 Å². The summed E-state index contributed by atoms with van der Waals surface area (Å²) in [6.45, 7) is 3.42. The van der Waals surface area contributed by atoms with Crippen molar-refractivity contribution < 1.29 is 13.2 Å². The van der Waals surface area contributed by atoms with Crippen molar-refractivity contribution in [2.24, 2.45) is 0 Å². The zero-order valence-electron chi connectivity index (χ0n) is 8.08. The monoisotopic (exact) mass is 197 g/mol. The lowest BCUT2D eigenvalue weighted by Gasteiger charge is -2.06. The molecule has 0 spiro atoms. The van der Waals surface area contributed by atoms with Crippen LogP contribution in [-0.2, 0) is 0 Å². The number of nitrogens with one attached hydrogen (secondary N) is 1. The van der Waals surface area contributed by atoms with E-state index < -0.39 is 12.6 Å². The molecule has 0 aromatic rings. The Hall–Kier alpha value is -0.250. The van der Waals surface area contributed by atoms with Crippen LogP contribution in [0.1, 0.15) is 39.0 Å². The second-order valence-electron chi connectivity index (χ2n) is 3.18. The van der Waals surface area contributed by atoms with E-state index in [1.165, 1.54) is 0 Å². The van der Waals surface area contributed by atoms with Crippen LogP contribution in [0.3, 0.4) is 0 Å². The van der Waals surface area contributed by atoms with Gasteiger partial charge in [0, 0.05) is 6.42 Å². The molecule has 0 aliphatic carbocycles. The molecule has 0 fully saturated rings. The number of hydrogen-bond acceptors (Lipinski definition) is 1. The summed E-state index contributed by atoms with van der Waals surface area (Å²) >= 11 is 0. The van der Waals surface area contributed by atoms with Crippen molar-refractivity contribution in [3.8, 4) is 0 Å². The molecule has 0 rings (SSSR count). The third-order valence-electron chi connectivity index (χ3n) is 1.77. The van der Waals surface area contributed by atoms with Crippen LogP contribution in [0.4, 0.5) is 13.2 Å². The summed E-state index contributed by atoms with van der Waals surface area (Å²) in [5.74, 6) is 0. The normalized spacial score (nSPS) is 12.0. The fourth-order valence-corrected chi connectivity index (χ4v) is 1.04. The molecule has 80 valence electrons. The maximum absolute atomic E-state index is 11.7. The fourth-order valence-electron chi connectivity index (χ4n) is 1.04. The van der Waals surface area contributed by atoms with Crippen LogP contribution < -0.4 is 5.32 Å². The second-order valence-corrected chi connectivity index (χ2v) is 3.18. The maximum Gasteiger partial charge on any atom is 0.389 e. The van der Waals surface area contributed by atoms with Crippen LogP contribution in [0.25, 0.3) is 0 Å². The summed E-state index contributed by atoms with van der Waals surface area (Å²) in [7, 11) is 0. The van der Waals surface area contributed by atoms with E-state index in [-0.39, 0.29) is 6.42 Å². The highest BCUT2D eigenvalue weighted by atomic mass is 19.4. The molecule has 0 aromatic carbocycles. The average Bonchev–Trinajstić information content (AvgIpc) is 2.01. The number of rotatable bonds is 7. The van der Waals surface area contributed by atoms with E-state index >= 15 is 0 Å². The molecule has 0 saturated carbocycles. The van der Waals surface area contributed by atoms with Gasteiger partial charge in [-0.2, -0.15) is 13.2 Å². The van der Waals surface area contributed by atoms with Crippen LogP contribution >= 0.6 is 0 Å². The van der Waals surface area contributed by atoms with Crippen molar-refractivity contribution in [1.82, 2.24) is 5.32 Å². The topological polar surface area (TPSA) is 12.0 Å². The van der Waals surface area contributed by atoms with Crippen molar-refractivity contribution in [3.63, 3.8) is 0 Å². The summed E-state index contributed by atoms with van der Waals surface area (Å²) in [6.07, 6.45) is -1.13. The summed E-state index contributed by atoms with van der Waals surface area (Å²) in [5.41, 5.74) is 0. The van der Waals surface area contributed by atoms with Gasteiger partial charge in [-0.1, -0.05) is 19.8 Å². The molecule has 13 heavy (non-hydrogen) atoms. The van der Waals surface area contributed by atoms with Crippen LogP contribution in [0.2, 0.25) is 0 Å². The Morgan fingerprint density at radius 3 is 2.15 bits per heavy atom. The summed E-state index contributed by atoms with van der Waals surface area (Å²) in [5, 5.41) is 2.99. The van der Waals surface area contributed by atoms with Gasteiger partial charge in [-0.15, -0.1) is 0 Å². The highest BCUT2D eigenvalue weighted by Crippen LogP contribution is 2.20. The van der Waals surface area contributed by atoms with Gasteiger partial charge >= 0.3 is 6.18 Å². The van der Waals surface area contributed by atoms with E-state index in [2.05, 4.69) is 12.2 Å². The molecule has 0 aromatic heterocycles. The molecule has 0 aliphatic rings. The Labute approximate surface area is 77.7 Å². The SMILES string of the molecule is CCCCCNCCCC(F)(F)F. The number of alkyl halides is 3. The first-order chi connectivity index (χ1) is 6.06. The fraction of sp³-hybridized carbons (Fsp3) is 1.00. The van der Waals surface area contributed by atoms with Crippen LogP contribution in [0, 0.1) is 0 Å². The summed E-state index contributed by atoms with van der Waals surface area (Å²) in [6, 6.07) is 0. The number of hydrogen-bond donors (Lipinski definition) is 1. The number of halogens is 3. The standard InChI is InChI=1S/C9H18F3N/c1-2-3-4-7-13-8-5-6-9(10,11)12/h13H,2-8H2,1H3. The van der Waals surface area contributed by atoms with E-state index in [0.717, 1.165) is 25.8 Å². The van der Waals surface area contributed by atoms with Crippen LogP contribution in [0.15, 0.2) is 0 Å². The predicted octanol–water partition coefficient (Wildman–Crippen LogP) is 3.11. The van der Waals surface area contributed by atoms with Gasteiger partial charge in [0.1, 0.15) is 0 Å². The van der Waals surface area contributed by atoms with Gasteiger partial charge in [0.25, 0.3) is 0 Å². The molecule has 0 saturated heterocycles. The van der Waals surface area contributed by atoms with Crippen LogP contribution in [0.5, 0.6) is 0 Å². The minimum Gasteiger partial charge on any atom is -0.317 e. The summed E-state index contributed by atoms with van der Waals surface area (Å²) in [4.78, 5) is 0. The largest absolute Gasteiger partial charge is 0.389 e. The van der Waals surface area contributed by atoms with Crippen molar-refractivity contribution in [2.75, 3.05) is 13.1 Å². The zero-order chi connectivity index (χ0) is 10.2. The lowest BCUT2D eigenvalue weighted by molar-refractivity contribution is -0.135. The molecule has 0 bridgehead atoms. The molecule has 0 unspecified atom stereocenters. The van der Waals surface area contributed by atoms with Gasteiger partial charge in [0.2, 0.25) is 0 Å². The van der Waals surface area contributed by atoms with Crippen molar-refractivity contribution in [2.45, 2.75) is 45.2 Å². The molecule has 0 amide bonds. The first-order valence-corrected chi connectivity index (χ1v) is 4.83. The average molecular weight is 197 g/mol. The first-order valence-electron chi connectivity index (χ1n) is 4.83. The minimum absolute atomic E-state index is 0.190. The first kappa shape index (κ1) is 12.8. The van der Waals surface area contributed by atoms with Gasteiger partial charge in [-0.3, -0.25) is 0 Å². The lowest BCUT2D eigenvalue weighted by Crippen LogP contribution is -2.19. The van der Waals surface area contributed by atoms with Crippen LogP contribution in [-0.4, -0.2) is 19.3 Å². The molecule has 4 heteroatoms. The van der Waals surface area contributed by atoms with E-state index in [0.29, 0.717) is 6.54 Å². The van der Waals surface area contributed by atoms with Crippen molar-refractivity contribution in [1.29, 1.82) is 0 Å². The third-order valence-corrected chi connectivity index (χ3v) is 1.77. The highest BCUT2D eigenvalue weighted by molar-refractivity contribution is 4.54. The van der Waals surface area contributed by atoms with Gasteiger partial charge < -0.3 is 5.32 Å². The Kier molecular flexibility index (Phi) is 7.04. The minimum atomic E-state index is -3.99. The second kappa shape index (κ2) is 7.18. The Morgan fingerprint density at radius 1 is 1.00 bits per heavy atom. The molecule has 1 N–H and O–H groups in total. The quantitative estimate of drug-likeness (QED) is 0.618. The maximum atomic E-state index is 11.7. The summed E-state index contributed by atoms with van der Waals surface area (Å²) < 4.78 is 35.0. The van der Waals surface area contributed by atoms with E-state index in [1.54, 1.807) is 0 Å². The zero-order valence-corrected chi connectivity index (χ0v) is 8.08. The van der Waals surface area contributed by atoms with Gasteiger partial charge in [-0.25, -0.2) is 0 Å². The Bertz CT molecular complexity index is 112. The molecule has 0 atom stereocenters. The lowest BCUT2D eigenvalue weighted by atomic mass is 10.2. The van der Waals surface area contributed by atoms with E-state index in [4.69, 9.17) is 0 Å². The van der Waals surface area contributed by atoms with Crippen molar-refractivity contribution >= 4 is 0 Å². The van der Waals surface area contributed by atoms with Gasteiger partial charge in [-0.05, 0) is 25.9 Å². The highest BCUT2D eigenvalue weighted by Gasteiger charge is 2.25. The van der Waals surface area contributed by atoms with E-state index in [1.807, 2.05) is 0 Å². The smallest absolute Gasteiger partial charge is 0.317 e. The molecular formula is C9H18F3N. The molecule has 0 heterocycles. The molecular weight excluding hydrogens is 179 g/mol. The third kappa shape index (κ3) is 11.8. The molecule has 1 nitrogen and oxygen atoms in total. The number of unbranched alkanes of at least 4 members (excludes halogenated alkanes) is 2.